The third-order valence-corrected chi connectivity index (χ3v) is 2.50. The lowest BCUT2D eigenvalue weighted by molar-refractivity contribution is -0.138. The minimum atomic E-state index is -0.696. The molecular weight excluding hydrogens is 178 g/mol. The fraction of sp³-hybridized carbons (Fsp3) is 0.909. The van der Waals surface area contributed by atoms with Crippen LogP contribution in [0.15, 0.2) is 0 Å². The Kier molecular flexibility index (Phi) is 6.54. The van der Waals surface area contributed by atoms with Crippen LogP contribution in [0, 0.1) is 0 Å². The number of carboxylic acid groups (broad SMARTS) is 1. The van der Waals surface area contributed by atoms with Crippen molar-refractivity contribution in [1.82, 2.24) is 4.90 Å². The molecule has 1 unspecified atom stereocenters. The Morgan fingerprint density at radius 2 is 1.93 bits per heavy atom. The average Bonchev–Trinajstić information content (AvgIpc) is 2.10. The van der Waals surface area contributed by atoms with Gasteiger partial charge in [-0.2, -0.15) is 0 Å². The SMILES string of the molecule is CCCN(C(C)C)C(CC)CC(=O)O. The normalized spacial score (nSPS) is 13.6. The van der Waals surface area contributed by atoms with Crippen LogP contribution in [-0.2, 0) is 4.79 Å². The van der Waals surface area contributed by atoms with E-state index in [1.807, 2.05) is 0 Å². The van der Waals surface area contributed by atoms with Crippen molar-refractivity contribution in [3.05, 3.63) is 0 Å². The van der Waals surface area contributed by atoms with E-state index in [0.29, 0.717) is 6.04 Å². The van der Waals surface area contributed by atoms with Crippen LogP contribution in [0.2, 0.25) is 0 Å². The van der Waals surface area contributed by atoms with Gasteiger partial charge >= 0.3 is 5.97 Å². The van der Waals surface area contributed by atoms with E-state index in [0.717, 1.165) is 19.4 Å². The molecule has 0 aliphatic carbocycles. The molecule has 0 aromatic rings. The molecule has 0 radical (unpaired) electrons. The molecule has 3 nitrogen and oxygen atoms in total. The number of rotatable bonds is 7. The summed E-state index contributed by atoms with van der Waals surface area (Å²) in [6, 6.07) is 0.617. The van der Waals surface area contributed by atoms with E-state index < -0.39 is 5.97 Å². The highest BCUT2D eigenvalue weighted by Crippen LogP contribution is 2.13. The van der Waals surface area contributed by atoms with Crippen molar-refractivity contribution in [2.75, 3.05) is 6.54 Å². The minimum Gasteiger partial charge on any atom is -0.481 e. The Labute approximate surface area is 87.1 Å². The highest BCUT2D eigenvalue weighted by Gasteiger charge is 2.20. The van der Waals surface area contributed by atoms with Crippen molar-refractivity contribution in [3.63, 3.8) is 0 Å². The summed E-state index contributed by atoms with van der Waals surface area (Å²) < 4.78 is 0. The second kappa shape index (κ2) is 6.82. The van der Waals surface area contributed by atoms with Crippen molar-refractivity contribution in [2.45, 2.75) is 59.0 Å². The van der Waals surface area contributed by atoms with Crippen LogP contribution < -0.4 is 0 Å². The molecule has 84 valence electrons. The fourth-order valence-electron chi connectivity index (χ4n) is 1.82. The van der Waals surface area contributed by atoms with Gasteiger partial charge in [-0.1, -0.05) is 13.8 Å². The van der Waals surface area contributed by atoms with Crippen molar-refractivity contribution in [1.29, 1.82) is 0 Å². The molecule has 0 aliphatic heterocycles. The zero-order chi connectivity index (χ0) is 11.1. The first-order valence-corrected chi connectivity index (χ1v) is 5.50. The molecule has 0 saturated heterocycles. The van der Waals surface area contributed by atoms with Crippen molar-refractivity contribution in [2.24, 2.45) is 0 Å². The van der Waals surface area contributed by atoms with Gasteiger partial charge in [0.1, 0.15) is 0 Å². The lowest BCUT2D eigenvalue weighted by Crippen LogP contribution is -2.41. The predicted molar refractivity (Wildman–Crippen MR) is 58.5 cm³/mol. The first-order chi connectivity index (χ1) is 6.52. The van der Waals surface area contributed by atoms with Crippen molar-refractivity contribution < 1.29 is 9.90 Å². The first-order valence-electron chi connectivity index (χ1n) is 5.50. The lowest BCUT2D eigenvalue weighted by Gasteiger charge is -2.33. The molecule has 14 heavy (non-hydrogen) atoms. The number of hydrogen-bond donors (Lipinski definition) is 1. The van der Waals surface area contributed by atoms with E-state index in [2.05, 4.69) is 32.6 Å². The maximum atomic E-state index is 10.7. The van der Waals surface area contributed by atoms with Gasteiger partial charge in [0.05, 0.1) is 6.42 Å². The quantitative estimate of drug-likeness (QED) is 0.687. The molecular formula is C11H23NO2. The zero-order valence-corrected chi connectivity index (χ0v) is 9.79. The van der Waals surface area contributed by atoms with Crippen LogP contribution >= 0.6 is 0 Å². The Morgan fingerprint density at radius 3 is 2.21 bits per heavy atom. The largest absolute Gasteiger partial charge is 0.481 e. The highest BCUT2D eigenvalue weighted by atomic mass is 16.4. The minimum absolute atomic E-state index is 0.187. The molecule has 0 saturated carbocycles. The van der Waals surface area contributed by atoms with E-state index in [-0.39, 0.29) is 12.5 Å². The number of carboxylic acids is 1. The van der Waals surface area contributed by atoms with Gasteiger partial charge < -0.3 is 5.11 Å². The van der Waals surface area contributed by atoms with Crippen molar-refractivity contribution in [3.8, 4) is 0 Å². The Hall–Kier alpha value is -0.570. The van der Waals surface area contributed by atoms with E-state index in [9.17, 15) is 4.79 Å². The Bertz CT molecular complexity index is 169. The van der Waals surface area contributed by atoms with Crippen LogP contribution in [-0.4, -0.2) is 34.6 Å². The number of carbonyl (C=O) groups is 1. The molecule has 0 aliphatic rings. The number of hydrogen-bond acceptors (Lipinski definition) is 2. The average molecular weight is 201 g/mol. The van der Waals surface area contributed by atoms with Crippen LogP contribution in [0.4, 0.5) is 0 Å². The van der Waals surface area contributed by atoms with Gasteiger partial charge in [0, 0.05) is 12.1 Å². The van der Waals surface area contributed by atoms with E-state index >= 15 is 0 Å². The van der Waals surface area contributed by atoms with Crippen LogP contribution in [0.1, 0.15) is 47.0 Å². The fourth-order valence-corrected chi connectivity index (χ4v) is 1.82. The molecule has 1 N–H and O–H groups in total. The molecule has 0 aromatic heterocycles. The topological polar surface area (TPSA) is 40.5 Å². The third kappa shape index (κ3) is 4.61. The molecule has 0 rings (SSSR count). The summed E-state index contributed by atoms with van der Waals surface area (Å²) in [7, 11) is 0. The monoisotopic (exact) mass is 201 g/mol. The van der Waals surface area contributed by atoms with Gasteiger partial charge in [-0.3, -0.25) is 9.69 Å². The maximum Gasteiger partial charge on any atom is 0.304 e. The Balaban J connectivity index is 4.32. The second-order valence-corrected chi connectivity index (χ2v) is 3.99. The van der Waals surface area contributed by atoms with E-state index in [1.165, 1.54) is 0 Å². The molecule has 1 atom stereocenters. The molecule has 0 amide bonds. The van der Waals surface area contributed by atoms with Crippen molar-refractivity contribution >= 4 is 5.97 Å². The molecule has 0 bridgehead atoms. The molecule has 0 heterocycles. The van der Waals surface area contributed by atoms with Gasteiger partial charge in [-0.15, -0.1) is 0 Å². The zero-order valence-electron chi connectivity index (χ0n) is 9.79. The van der Waals surface area contributed by atoms with Gasteiger partial charge in [-0.05, 0) is 33.2 Å². The summed E-state index contributed by atoms with van der Waals surface area (Å²) in [6.45, 7) is 9.42. The number of aliphatic carboxylic acids is 1. The number of nitrogens with zero attached hydrogens (tertiary/aromatic N) is 1. The highest BCUT2D eigenvalue weighted by molar-refractivity contribution is 5.67. The van der Waals surface area contributed by atoms with Gasteiger partial charge in [0.2, 0.25) is 0 Å². The molecule has 0 aromatic carbocycles. The molecule has 3 heteroatoms. The summed E-state index contributed by atoms with van der Waals surface area (Å²) in [5.41, 5.74) is 0. The van der Waals surface area contributed by atoms with Crippen LogP contribution in [0.3, 0.4) is 0 Å². The first kappa shape index (κ1) is 13.4. The Morgan fingerprint density at radius 1 is 1.36 bits per heavy atom. The van der Waals surface area contributed by atoms with Gasteiger partial charge in [0.15, 0.2) is 0 Å². The van der Waals surface area contributed by atoms with Crippen LogP contribution in [0.5, 0.6) is 0 Å². The van der Waals surface area contributed by atoms with Crippen LogP contribution in [0.25, 0.3) is 0 Å². The van der Waals surface area contributed by atoms with E-state index in [4.69, 9.17) is 5.11 Å². The standard InChI is InChI=1S/C11H23NO2/c1-5-7-12(9(3)4)10(6-2)8-11(13)14/h9-10H,5-8H2,1-4H3,(H,13,14). The third-order valence-electron chi connectivity index (χ3n) is 2.50. The predicted octanol–water partition coefficient (Wildman–Crippen LogP) is 2.36. The van der Waals surface area contributed by atoms with E-state index in [1.54, 1.807) is 0 Å². The smallest absolute Gasteiger partial charge is 0.304 e. The van der Waals surface area contributed by atoms with Gasteiger partial charge in [-0.25, -0.2) is 0 Å². The second-order valence-electron chi connectivity index (χ2n) is 3.99. The molecule has 0 spiro atoms. The maximum absolute atomic E-state index is 10.7. The summed E-state index contributed by atoms with van der Waals surface area (Å²) in [4.78, 5) is 13.0. The van der Waals surface area contributed by atoms with Gasteiger partial charge in [0.25, 0.3) is 0 Å². The summed E-state index contributed by atoms with van der Waals surface area (Å²) >= 11 is 0. The summed E-state index contributed by atoms with van der Waals surface area (Å²) in [5, 5.41) is 8.79. The summed E-state index contributed by atoms with van der Waals surface area (Å²) in [5.74, 6) is -0.696. The lowest BCUT2D eigenvalue weighted by atomic mass is 10.1. The molecule has 0 fully saturated rings. The summed E-state index contributed by atoms with van der Waals surface area (Å²) in [6.07, 6.45) is 2.24.